The zero-order valence-corrected chi connectivity index (χ0v) is 13.7. The van der Waals surface area contributed by atoms with Crippen molar-refractivity contribution >= 4 is 11.6 Å². The van der Waals surface area contributed by atoms with Crippen LogP contribution in [0.25, 0.3) is 5.65 Å². The molecular formula is C17H23N3O2. The highest BCUT2D eigenvalue weighted by molar-refractivity contribution is 5.79. The van der Waals surface area contributed by atoms with Gasteiger partial charge in [-0.3, -0.25) is 4.79 Å². The summed E-state index contributed by atoms with van der Waals surface area (Å²) in [6, 6.07) is 4.04. The third-order valence-corrected chi connectivity index (χ3v) is 4.24. The van der Waals surface area contributed by atoms with Crippen LogP contribution in [0.4, 0.5) is 0 Å². The average molecular weight is 301 g/mol. The molecule has 1 fully saturated rings. The molecule has 3 rings (SSSR count). The van der Waals surface area contributed by atoms with E-state index >= 15 is 0 Å². The number of carbonyl (C=O) groups excluding carboxylic acids is 1. The van der Waals surface area contributed by atoms with E-state index in [0.717, 1.165) is 22.6 Å². The summed E-state index contributed by atoms with van der Waals surface area (Å²) in [6.45, 7) is 9.37. The number of imidazole rings is 1. The summed E-state index contributed by atoms with van der Waals surface area (Å²) in [5.74, 6) is 0.147. The fraction of sp³-hybridized carbons (Fsp3) is 0.529. The molecule has 2 aromatic rings. The van der Waals surface area contributed by atoms with Crippen molar-refractivity contribution in [2.75, 3.05) is 13.1 Å². The maximum atomic E-state index is 12.7. The predicted molar refractivity (Wildman–Crippen MR) is 85.0 cm³/mol. The monoisotopic (exact) mass is 301 g/mol. The number of aromatic nitrogens is 2. The Morgan fingerprint density at radius 3 is 2.68 bits per heavy atom. The van der Waals surface area contributed by atoms with Crippen LogP contribution in [0.2, 0.25) is 0 Å². The zero-order chi connectivity index (χ0) is 15.9. The molecule has 0 spiro atoms. The molecule has 1 amide bonds. The summed E-state index contributed by atoms with van der Waals surface area (Å²) in [7, 11) is 0. The van der Waals surface area contributed by atoms with Crippen LogP contribution in [0, 0.1) is 13.8 Å². The number of pyridine rings is 1. The first-order chi connectivity index (χ1) is 10.5. The minimum Gasteiger partial charge on any atom is -0.372 e. The second kappa shape index (κ2) is 5.72. The van der Waals surface area contributed by atoms with Crippen LogP contribution in [0.5, 0.6) is 0 Å². The lowest BCUT2D eigenvalue weighted by atomic mass is 10.2. The molecule has 0 N–H and O–H groups in total. The first-order valence-electron chi connectivity index (χ1n) is 7.82. The summed E-state index contributed by atoms with van der Waals surface area (Å²) in [6.07, 6.45) is 2.56. The van der Waals surface area contributed by atoms with Crippen LogP contribution in [0.1, 0.15) is 30.8 Å². The Morgan fingerprint density at radius 1 is 1.32 bits per heavy atom. The number of ether oxygens (including phenoxy) is 1. The molecule has 2 aromatic heterocycles. The summed E-state index contributed by atoms with van der Waals surface area (Å²) in [5.41, 5.74) is 3.97. The van der Waals surface area contributed by atoms with Gasteiger partial charge in [0.2, 0.25) is 5.91 Å². The lowest BCUT2D eigenvalue weighted by Crippen LogP contribution is -2.48. The van der Waals surface area contributed by atoms with Crippen molar-refractivity contribution in [2.24, 2.45) is 0 Å². The molecule has 0 radical (unpaired) electrons. The Kier molecular flexibility index (Phi) is 3.91. The van der Waals surface area contributed by atoms with Gasteiger partial charge in [-0.05, 0) is 39.3 Å². The number of morpholine rings is 1. The van der Waals surface area contributed by atoms with E-state index in [-0.39, 0.29) is 18.1 Å². The largest absolute Gasteiger partial charge is 0.372 e. The van der Waals surface area contributed by atoms with Gasteiger partial charge in [0.15, 0.2) is 0 Å². The van der Waals surface area contributed by atoms with Crippen molar-refractivity contribution in [3.05, 3.63) is 35.3 Å². The summed E-state index contributed by atoms with van der Waals surface area (Å²) >= 11 is 0. The summed E-state index contributed by atoms with van der Waals surface area (Å²) < 4.78 is 7.74. The maximum Gasteiger partial charge on any atom is 0.228 e. The number of rotatable bonds is 2. The number of amides is 1. The fourth-order valence-corrected chi connectivity index (χ4v) is 3.22. The SMILES string of the molecule is Cc1nc2c(C)cccn2c1CC(=O)N1CC(C)OC(C)C1. The number of fused-ring (bicyclic) bond motifs is 1. The fourth-order valence-electron chi connectivity index (χ4n) is 3.22. The Labute approximate surface area is 130 Å². The molecule has 0 bridgehead atoms. The molecule has 0 aromatic carbocycles. The number of hydrogen-bond donors (Lipinski definition) is 0. The van der Waals surface area contributed by atoms with Gasteiger partial charge in [-0.1, -0.05) is 6.07 Å². The van der Waals surface area contributed by atoms with Gasteiger partial charge in [-0.25, -0.2) is 4.98 Å². The van der Waals surface area contributed by atoms with Crippen molar-refractivity contribution in [3.63, 3.8) is 0 Å². The minimum atomic E-state index is 0.0956. The zero-order valence-electron chi connectivity index (χ0n) is 13.7. The van der Waals surface area contributed by atoms with Crippen LogP contribution >= 0.6 is 0 Å². The molecule has 1 aliphatic heterocycles. The Balaban J connectivity index is 1.85. The van der Waals surface area contributed by atoms with E-state index < -0.39 is 0 Å². The van der Waals surface area contributed by atoms with Crippen LogP contribution in [0.3, 0.4) is 0 Å². The highest BCUT2D eigenvalue weighted by atomic mass is 16.5. The quantitative estimate of drug-likeness (QED) is 0.853. The van der Waals surface area contributed by atoms with E-state index in [1.165, 1.54) is 0 Å². The van der Waals surface area contributed by atoms with E-state index in [4.69, 9.17) is 4.74 Å². The first-order valence-corrected chi connectivity index (χ1v) is 7.82. The van der Waals surface area contributed by atoms with Crippen molar-refractivity contribution in [1.29, 1.82) is 0 Å². The Morgan fingerprint density at radius 2 is 2.00 bits per heavy atom. The smallest absolute Gasteiger partial charge is 0.228 e. The molecule has 1 saturated heterocycles. The molecule has 3 heterocycles. The lowest BCUT2D eigenvalue weighted by molar-refractivity contribution is -0.142. The van der Waals surface area contributed by atoms with Crippen LogP contribution in [-0.4, -0.2) is 45.5 Å². The lowest BCUT2D eigenvalue weighted by Gasteiger charge is -2.35. The molecule has 0 aliphatic carbocycles. The second-order valence-electron chi connectivity index (χ2n) is 6.26. The minimum absolute atomic E-state index is 0.0956. The van der Waals surface area contributed by atoms with Crippen molar-refractivity contribution in [1.82, 2.24) is 14.3 Å². The van der Waals surface area contributed by atoms with E-state index in [0.29, 0.717) is 19.5 Å². The number of carbonyl (C=O) groups is 1. The molecule has 2 unspecified atom stereocenters. The van der Waals surface area contributed by atoms with Crippen LogP contribution in [0.15, 0.2) is 18.3 Å². The maximum absolute atomic E-state index is 12.7. The number of hydrogen-bond acceptors (Lipinski definition) is 3. The number of nitrogens with zero attached hydrogens (tertiary/aromatic N) is 3. The van der Waals surface area contributed by atoms with Gasteiger partial charge in [-0.15, -0.1) is 0 Å². The van der Waals surface area contributed by atoms with Gasteiger partial charge in [0.1, 0.15) is 5.65 Å². The van der Waals surface area contributed by atoms with Gasteiger partial charge in [0.05, 0.1) is 30.0 Å². The summed E-state index contributed by atoms with van der Waals surface area (Å²) in [4.78, 5) is 19.2. The van der Waals surface area contributed by atoms with E-state index in [1.54, 1.807) is 0 Å². The van der Waals surface area contributed by atoms with Crippen LogP contribution in [-0.2, 0) is 16.0 Å². The predicted octanol–water partition coefficient (Wildman–Crippen LogP) is 2.13. The third-order valence-electron chi connectivity index (χ3n) is 4.24. The first kappa shape index (κ1) is 15.0. The molecule has 2 atom stereocenters. The molecule has 5 heteroatoms. The van der Waals surface area contributed by atoms with E-state index in [9.17, 15) is 4.79 Å². The standard InChI is InChI=1S/C17H23N3O2/c1-11-6-5-7-20-15(14(4)18-17(11)20)8-16(21)19-9-12(2)22-13(3)10-19/h5-7,12-13H,8-10H2,1-4H3. The topological polar surface area (TPSA) is 46.8 Å². The van der Waals surface area contributed by atoms with Gasteiger partial charge in [0.25, 0.3) is 0 Å². The highest BCUT2D eigenvalue weighted by Gasteiger charge is 2.27. The average Bonchev–Trinajstić information content (AvgIpc) is 2.76. The molecule has 5 nitrogen and oxygen atoms in total. The molecule has 1 aliphatic rings. The van der Waals surface area contributed by atoms with E-state index in [2.05, 4.69) is 4.98 Å². The van der Waals surface area contributed by atoms with Gasteiger partial charge in [0, 0.05) is 19.3 Å². The van der Waals surface area contributed by atoms with Gasteiger partial charge < -0.3 is 14.0 Å². The Bertz CT molecular complexity index is 697. The normalized spacial score (nSPS) is 22.3. The second-order valence-corrected chi connectivity index (χ2v) is 6.26. The molecular weight excluding hydrogens is 278 g/mol. The summed E-state index contributed by atoms with van der Waals surface area (Å²) in [5, 5.41) is 0. The number of aryl methyl sites for hydroxylation is 2. The van der Waals surface area contributed by atoms with Crippen molar-refractivity contribution in [3.8, 4) is 0 Å². The van der Waals surface area contributed by atoms with Crippen molar-refractivity contribution < 1.29 is 9.53 Å². The highest BCUT2D eigenvalue weighted by Crippen LogP contribution is 2.18. The van der Waals surface area contributed by atoms with Gasteiger partial charge in [-0.2, -0.15) is 0 Å². The molecule has 22 heavy (non-hydrogen) atoms. The van der Waals surface area contributed by atoms with E-state index in [1.807, 2.05) is 55.3 Å². The van der Waals surface area contributed by atoms with Crippen molar-refractivity contribution in [2.45, 2.75) is 46.3 Å². The Hall–Kier alpha value is -1.88. The molecule has 0 saturated carbocycles. The molecule has 118 valence electrons. The third kappa shape index (κ3) is 2.73. The van der Waals surface area contributed by atoms with Gasteiger partial charge >= 0.3 is 0 Å². The van der Waals surface area contributed by atoms with Crippen LogP contribution < -0.4 is 0 Å².